The van der Waals surface area contributed by atoms with Gasteiger partial charge in [-0.1, -0.05) is 0 Å². The smallest absolute Gasteiger partial charge is 0 e. The maximum absolute atomic E-state index is 8.00. The van der Waals surface area contributed by atoms with E-state index >= 15 is 0 Å². The van der Waals surface area contributed by atoms with E-state index in [0.29, 0.717) is 0 Å². The average molecular weight is 164 g/mol. The van der Waals surface area contributed by atoms with Crippen molar-refractivity contribution in [3.8, 4) is 0 Å². The van der Waals surface area contributed by atoms with Gasteiger partial charge in [0.25, 0.3) is 0 Å². The SMILES string of the molecule is [MgH2].[O]=[Fe].[Zn]. The monoisotopic (exact) mass is 162 g/mol. The summed E-state index contributed by atoms with van der Waals surface area (Å²) in [6.45, 7) is 0. The number of hydrogen-bond acceptors (Lipinski definition) is 1. The molecule has 0 aromatic rings. The van der Waals surface area contributed by atoms with Crippen LogP contribution in [0.15, 0.2) is 0 Å². The maximum atomic E-state index is 8.00. The van der Waals surface area contributed by atoms with Gasteiger partial charge in [-0.25, -0.2) is 0 Å². The van der Waals surface area contributed by atoms with Crippen LogP contribution in [0.1, 0.15) is 0 Å². The second-order valence-electron chi connectivity index (χ2n) is 0. The molecule has 0 radical (unpaired) electrons. The molecule has 0 saturated heterocycles. The van der Waals surface area contributed by atoms with Gasteiger partial charge in [0.1, 0.15) is 0 Å². The van der Waals surface area contributed by atoms with Gasteiger partial charge in [-0.05, 0) is 0 Å². The Bertz CT molecular complexity index is 8.00. The summed E-state index contributed by atoms with van der Waals surface area (Å²) in [6, 6.07) is 0. The van der Waals surface area contributed by atoms with Crippen LogP contribution in [-0.4, -0.2) is 23.1 Å². The molecule has 0 aliphatic rings. The molecule has 0 rings (SSSR count). The predicted molar refractivity (Wildman–Crippen MR) is 9.23 cm³/mol. The molecule has 1 nitrogen and oxygen atoms in total. The molecule has 0 unspecified atom stereocenters. The van der Waals surface area contributed by atoms with E-state index in [4.69, 9.17) is 3.83 Å². The van der Waals surface area contributed by atoms with Crippen molar-refractivity contribution < 1.29 is 39.3 Å². The van der Waals surface area contributed by atoms with E-state index in [1.54, 1.807) is 0 Å². The fourth-order valence-electron chi connectivity index (χ4n) is 0. The van der Waals surface area contributed by atoms with Crippen LogP contribution in [0.2, 0.25) is 0 Å². The van der Waals surface area contributed by atoms with Crippen molar-refractivity contribution in [2.24, 2.45) is 0 Å². The van der Waals surface area contributed by atoms with Crippen LogP contribution in [0.3, 0.4) is 0 Å². The summed E-state index contributed by atoms with van der Waals surface area (Å²) in [7, 11) is 0. The zero-order chi connectivity index (χ0) is 2.00. The van der Waals surface area contributed by atoms with Gasteiger partial charge in [-0.2, -0.15) is 0 Å². The third-order valence-electron chi connectivity index (χ3n) is 0. The van der Waals surface area contributed by atoms with Crippen LogP contribution in [0.4, 0.5) is 0 Å². The quantitative estimate of drug-likeness (QED) is 0.417. The Morgan fingerprint density at radius 2 is 1.25 bits per heavy atom. The fraction of sp³-hybridized carbons (Fsp3) is 0. The molecule has 0 atom stereocenters. The van der Waals surface area contributed by atoms with Crippen molar-refractivity contribution in [2.45, 2.75) is 0 Å². The predicted octanol–water partition coefficient (Wildman–Crippen LogP) is -1.04. The molecule has 0 heterocycles. The summed E-state index contributed by atoms with van der Waals surface area (Å²) in [5, 5.41) is 0. The molecule has 0 aliphatic carbocycles. The molecule has 0 bridgehead atoms. The van der Waals surface area contributed by atoms with Crippen molar-refractivity contribution in [2.75, 3.05) is 0 Å². The molecule has 0 aromatic carbocycles. The van der Waals surface area contributed by atoms with Crippen molar-refractivity contribution in [1.82, 2.24) is 0 Å². The Kier molecular flexibility index (Phi) is 95.6. The van der Waals surface area contributed by atoms with Crippen molar-refractivity contribution in [1.29, 1.82) is 0 Å². The summed E-state index contributed by atoms with van der Waals surface area (Å²) in [5.41, 5.74) is 0. The summed E-state index contributed by atoms with van der Waals surface area (Å²) < 4.78 is 8.00. The maximum Gasteiger partial charge on any atom is 0 e. The first-order valence-electron chi connectivity index (χ1n) is 0.144. The van der Waals surface area contributed by atoms with Gasteiger partial charge < -0.3 is 0 Å². The van der Waals surface area contributed by atoms with Gasteiger partial charge >= 0.3 is 42.8 Å². The number of rotatable bonds is 0. The number of hydrogen-bond donors (Lipinski definition) is 0. The molecular formula is H2FeMgOZn. The molecule has 0 aromatic heterocycles. The minimum Gasteiger partial charge on any atom is 0 e. The Hall–Kier alpha value is 1.71. The van der Waals surface area contributed by atoms with E-state index < -0.39 is 0 Å². The summed E-state index contributed by atoms with van der Waals surface area (Å²) >= 11 is 2.00. The van der Waals surface area contributed by atoms with Crippen LogP contribution < -0.4 is 0 Å². The molecule has 20 valence electrons. The first-order chi connectivity index (χ1) is 1.00. The second kappa shape index (κ2) is 22.2. The topological polar surface area (TPSA) is 17.1 Å². The molecule has 0 fully saturated rings. The van der Waals surface area contributed by atoms with Crippen LogP contribution in [0.25, 0.3) is 0 Å². The Balaban J connectivity index is -0.00000000500. The van der Waals surface area contributed by atoms with Gasteiger partial charge in [0, 0.05) is 19.5 Å². The molecule has 0 amide bonds. The zero-order valence-corrected chi connectivity index (χ0v) is 5.54. The summed E-state index contributed by atoms with van der Waals surface area (Å²) in [6.07, 6.45) is 0. The van der Waals surface area contributed by atoms with E-state index in [9.17, 15) is 0 Å². The van der Waals surface area contributed by atoms with Gasteiger partial charge in [0.15, 0.2) is 0 Å². The molecule has 4 heavy (non-hydrogen) atoms. The molecule has 0 N–H and O–H groups in total. The van der Waals surface area contributed by atoms with Crippen molar-refractivity contribution >= 4 is 23.1 Å². The van der Waals surface area contributed by atoms with Crippen molar-refractivity contribution in [3.05, 3.63) is 0 Å². The molecule has 0 spiro atoms. The van der Waals surface area contributed by atoms with Gasteiger partial charge in [0.2, 0.25) is 0 Å². The normalized spacial score (nSPS) is 1.25. The Morgan fingerprint density at radius 1 is 1.25 bits per heavy atom. The summed E-state index contributed by atoms with van der Waals surface area (Å²) in [4.78, 5) is 0. The van der Waals surface area contributed by atoms with Gasteiger partial charge in [0.05, 0.1) is 0 Å². The minimum absolute atomic E-state index is 0. The van der Waals surface area contributed by atoms with E-state index in [-0.39, 0.29) is 42.5 Å². The Morgan fingerprint density at radius 3 is 1.25 bits per heavy atom. The van der Waals surface area contributed by atoms with Crippen LogP contribution in [-0.2, 0) is 39.3 Å². The second-order valence-corrected chi connectivity index (χ2v) is 0. The molecule has 4 heteroatoms. The van der Waals surface area contributed by atoms with E-state index in [1.807, 2.05) is 15.9 Å². The first kappa shape index (κ1) is 17.3. The average Bonchev–Trinajstić information content (AvgIpc) is 1.00. The van der Waals surface area contributed by atoms with Crippen LogP contribution >= 0.6 is 0 Å². The Labute approximate surface area is 61.8 Å². The van der Waals surface area contributed by atoms with E-state index in [0.717, 1.165) is 0 Å². The molecule has 0 saturated carbocycles. The van der Waals surface area contributed by atoms with E-state index in [1.165, 1.54) is 0 Å². The third kappa shape index (κ3) is 9.32. The zero-order valence-electron chi connectivity index (χ0n) is 1.47. The van der Waals surface area contributed by atoms with Crippen LogP contribution in [0, 0.1) is 0 Å². The van der Waals surface area contributed by atoms with E-state index in [2.05, 4.69) is 0 Å². The first-order valence-corrected chi connectivity index (χ1v) is 0.595. The fourth-order valence-corrected chi connectivity index (χ4v) is 0. The molecule has 0 aliphatic heterocycles. The standard InChI is InChI=1S/Fe.Mg.O.Zn.2H. The van der Waals surface area contributed by atoms with Crippen molar-refractivity contribution in [3.63, 3.8) is 0 Å². The minimum atomic E-state index is 0. The van der Waals surface area contributed by atoms with Gasteiger partial charge in [-0.3, -0.25) is 0 Å². The molecular weight excluding hydrogens is 162 g/mol. The largest absolute Gasteiger partial charge is 0 e. The van der Waals surface area contributed by atoms with Crippen LogP contribution in [0.5, 0.6) is 0 Å². The van der Waals surface area contributed by atoms with Gasteiger partial charge in [-0.15, -0.1) is 0 Å². The third-order valence-corrected chi connectivity index (χ3v) is 0. The summed E-state index contributed by atoms with van der Waals surface area (Å²) in [5.74, 6) is 0.